The minimum Gasteiger partial charge on any atom is -0.368 e. The summed E-state index contributed by atoms with van der Waals surface area (Å²) < 4.78 is 0. The first kappa shape index (κ1) is 15.5. The van der Waals surface area contributed by atoms with E-state index in [0.29, 0.717) is 17.7 Å². The molecule has 0 spiro atoms. The first-order valence-electron chi connectivity index (χ1n) is 6.93. The van der Waals surface area contributed by atoms with Crippen molar-refractivity contribution in [2.45, 2.75) is 40.2 Å². The first-order valence-corrected chi connectivity index (χ1v) is 6.93. The zero-order valence-electron chi connectivity index (χ0n) is 12.6. The van der Waals surface area contributed by atoms with Crippen molar-refractivity contribution < 1.29 is 4.79 Å². The third kappa shape index (κ3) is 4.89. The van der Waals surface area contributed by atoms with Crippen molar-refractivity contribution in [2.75, 3.05) is 18.9 Å². The number of hydrogen-bond acceptors (Lipinski definition) is 3. The summed E-state index contributed by atoms with van der Waals surface area (Å²) in [5.41, 5.74) is 0.497. The minimum absolute atomic E-state index is 0.0206. The van der Waals surface area contributed by atoms with Gasteiger partial charge in [0.25, 0.3) is 5.91 Å². The molecule has 1 rings (SSSR count). The molecule has 0 radical (unpaired) electrons. The first-order chi connectivity index (χ1) is 8.93. The Morgan fingerprint density at radius 1 is 1.37 bits per heavy atom. The fraction of sp³-hybridized carbons (Fsp3) is 0.600. The molecule has 0 saturated heterocycles. The van der Waals surface area contributed by atoms with Gasteiger partial charge in [-0.25, -0.2) is 4.98 Å². The lowest BCUT2D eigenvalue weighted by Crippen LogP contribution is -2.31. The molecule has 1 atom stereocenters. The van der Waals surface area contributed by atoms with Crippen LogP contribution in [0.3, 0.4) is 0 Å². The number of rotatable bonds is 6. The Morgan fingerprint density at radius 2 is 2.05 bits per heavy atom. The standard InChI is InChI=1S/C15H25N3O/c1-6-12(4)10-18(5)15(19)13-8-7-9-14(17-13)16-11(2)3/h7-9,11-12H,6,10H2,1-5H3,(H,16,17). The fourth-order valence-electron chi connectivity index (χ4n) is 1.81. The predicted octanol–water partition coefficient (Wildman–Crippen LogP) is 3.02. The van der Waals surface area contributed by atoms with E-state index >= 15 is 0 Å². The number of nitrogens with one attached hydrogen (secondary N) is 1. The highest BCUT2D eigenvalue weighted by atomic mass is 16.2. The minimum atomic E-state index is -0.0206. The average Bonchev–Trinajstić information content (AvgIpc) is 2.37. The number of amides is 1. The summed E-state index contributed by atoms with van der Waals surface area (Å²) in [6.45, 7) is 9.14. The van der Waals surface area contributed by atoms with Crippen LogP contribution in [0.15, 0.2) is 18.2 Å². The molecule has 19 heavy (non-hydrogen) atoms. The number of hydrogen-bond donors (Lipinski definition) is 1. The molecule has 106 valence electrons. The number of carbonyl (C=O) groups is 1. The highest BCUT2D eigenvalue weighted by molar-refractivity contribution is 5.92. The van der Waals surface area contributed by atoms with Crippen molar-refractivity contribution in [3.8, 4) is 0 Å². The summed E-state index contributed by atoms with van der Waals surface area (Å²) in [6.07, 6.45) is 1.07. The van der Waals surface area contributed by atoms with E-state index in [1.807, 2.05) is 33.0 Å². The SMILES string of the molecule is CCC(C)CN(C)C(=O)c1cccc(NC(C)C)n1. The molecule has 4 nitrogen and oxygen atoms in total. The van der Waals surface area contributed by atoms with Crippen LogP contribution >= 0.6 is 0 Å². The molecule has 0 bridgehead atoms. The Kier molecular flexibility index (Phi) is 5.80. The Labute approximate surface area is 116 Å². The van der Waals surface area contributed by atoms with Gasteiger partial charge in [-0.05, 0) is 31.9 Å². The lowest BCUT2D eigenvalue weighted by molar-refractivity contribution is 0.0769. The van der Waals surface area contributed by atoms with Gasteiger partial charge in [-0.3, -0.25) is 4.79 Å². The number of carbonyl (C=O) groups excluding carboxylic acids is 1. The van der Waals surface area contributed by atoms with E-state index in [1.54, 1.807) is 11.0 Å². The quantitative estimate of drug-likeness (QED) is 0.858. The molecule has 0 aliphatic carbocycles. The highest BCUT2D eigenvalue weighted by Crippen LogP contribution is 2.10. The van der Waals surface area contributed by atoms with E-state index in [0.717, 1.165) is 18.8 Å². The number of aromatic nitrogens is 1. The van der Waals surface area contributed by atoms with Gasteiger partial charge in [-0.1, -0.05) is 26.3 Å². The van der Waals surface area contributed by atoms with Gasteiger partial charge in [0.2, 0.25) is 0 Å². The number of nitrogens with zero attached hydrogens (tertiary/aromatic N) is 2. The van der Waals surface area contributed by atoms with Crippen LogP contribution in [-0.4, -0.2) is 35.4 Å². The van der Waals surface area contributed by atoms with Gasteiger partial charge in [-0.2, -0.15) is 0 Å². The van der Waals surface area contributed by atoms with Crippen LogP contribution in [0.2, 0.25) is 0 Å². The summed E-state index contributed by atoms with van der Waals surface area (Å²) in [4.78, 5) is 18.4. The van der Waals surface area contributed by atoms with Crippen LogP contribution in [0.4, 0.5) is 5.82 Å². The van der Waals surface area contributed by atoms with E-state index in [1.165, 1.54) is 0 Å². The van der Waals surface area contributed by atoms with Gasteiger partial charge < -0.3 is 10.2 Å². The van der Waals surface area contributed by atoms with Crippen molar-refractivity contribution in [3.63, 3.8) is 0 Å². The zero-order valence-corrected chi connectivity index (χ0v) is 12.6. The van der Waals surface area contributed by atoms with E-state index in [9.17, 15) is 4.79 Å². The topological polar surface area (TPSA) is 45.2 Å². The molecule has 1 unspecified atom stereocenters. The largest absolute Gasteiger partial charge is 0.368 e. The lowest BCUT2D eigenvalue weighted by Gasteiger charge is -2.20. The second-order valence-electron chi connectivity index (χ2n) is 5.41. The Morgan fingerprint density at radius 3 is 2.63 bits per heavy atom. The molecular weight excluding hydrogens is 238 g/mol. The van der Waals surface area contributed by atoms with E-state index in [-0.39, 0.29) is 5.91 Å². The predicted molar refractivity (Wildman–Crippen MR) is 79.4 cm³/mol. The molecule has 4 heteroatoms. The molecule has 1 aromatic rings. The fourth-order valence-corrected chi connectivity index (χ4v) is 1.81. The van der Waals surface area contributed by atoms with Crippen molar-refractivity contribution in [2.24, 2.45) is 5.92 Å². The van der Waals surface area contributed by atoms with Crippen LogP contribution in [0, 0.1) is 5.92 Å². The van der Waals surface area contributed by atoms with Crippen LogP contribution in [0.5, 0.6) is 0 Å². The van der Waals surface area contributed by atoms with E-state index < -0.39 is 0 Å². The number of pyridine rings is 1. The molecule has 1 heterocycles. The maximum Gasteiger partial charge on any atom is 0.272 e. The molecule has 1 N–H and O–H groups in total. The van der Waals surface area contributed by atoms with Gasteiger partial charge in [0, 0.05) is 19.6 Å². The molecule has 0 fully saturated rings. The van der Waals surface area contributed by atoms with Crippen LogP contribution in [0.25, 0.3) is 0 Å². The summed E-state index contributed by atoms with van der Waals surface area (Å²) in [5, 5.41) is 3.21. The maximum absolute atomic E-state index is 12.3. The van der Waals surface area contributed by atoms with Gasteiger partial charge in [-0.15, -0.1) is 0 Å². The zero-order chi connectivity index (χ0) is 14.4. The number of anilines is 1. The normalized spacial score (nSPS) is 12.3. The summed E-state index contributed by atoms with van der Waals surface area (Å²) in [7, 11) is 1.83. The molecular formula is C15H25N3O. The summed E-state index contributed by atoms with van der Waals surface area (Å²) in [6, 6.07) is 5.81. The molecule has 1 amide bonds. The third-order valence-corrected chi connectivity index (χ3v) is 3.03. The summed E-state index contributed by atoms with van der Waals surface area (Å²) >= 11 is 0. The molecule has 0 aliphatic rings. The van der Waals surface area contributed by atoms with E-state index in [2.05, 4.69) is 24.1 Å². The van der Waals surface area contributed by atoms with Gasteiger partial charge in [0.05, 0.1) is 0 Å². The second-order valence-corrected chi connectivity index (χ2v) is 5.41. The van der Waals surface area contributed by atoms with Crippen LogP contribution in [0.1, 0.15) is 44.6 Å². The van der Waals surface area contributed by atoms with Crippen molar-refractivity contribution in [1.82, 2.24) is 9.88 Å². The monoisotopic (exact) mass is 263 g/mol. The van der Waals surface area contributed by atoms with Crippen molar-refractivity contribution in [1.29, 1.82) is 0 Å². The Hall–Kier alpha value is -1.58. The second kappa shape index (κ2) is 7.12. The highest BCUT2D eigenvalue weighted by Gasteiger charge is 2.15. The molecule has 1 aromatic heterocycles. The third-order valence-electron chi connectivity index (χ3n) is 3.03. The summed E-state index contributed by atoms with van der Waals surface area (Å²) in [5.74, 6) is 1.23. The molecule has 0 aromatic carbocycles. The Balaban J connectivity index is 2.76. The smallest absolute Gasteiger partial charge is 0.272 e. The van der Waals surface area contributed by atoms with Gasteiger partial charge in [0.15, 0.2) is 0 Å². The van der Waals surface area contributed by atoms with Crippen molar-refractivity contribution in [3.05, 3.63) is 23.9 Å². The maximum atomic E-state index is 12.3. The average molecular weight is 263 g/mol. The van der Waals surface area contributed by atoms with Gasteiger partial charge in [0.1, 0.15) is 11.5 Å². The Bertz CT molecular complexity index is 418. The lowest BCUT2D eigenvalue weighted by atomic mass is 10.1. The van der Waals surface area contributed by atoms with Gasteiger partial charge >= 0.3 is 0 Å². The molecule has 0 aliphatic heterocycles. The van der Waals surface area contributed by atoms with E-state index in [4.69, 9.17) is 0 Å². The van der Waals surface area contributed by atoms with Crippen LogP contribution in [-0.2, 0) is 0 Å². The van der Waals surface area contributed by atoms with Crippen LogP contribution < -0.4 is 5.32 Å². The van der Waals surface area contributed by atoms with Crippen molar-refractivity contribution >= 4 is 11.7 Å². The molecule has 0 saturated carbocycles.